The van der Waals surface area contributed by atoms with Crippen LogP contribution in [0.2, 0.25) is 0 Å². The van der Waals surface area contributed by atoms with Crippen molar-refractivity contribution in [3.8, 4) is 5.75 Å². The van der Waals surface area contributed by atoms with Gasteiger partial charge in [0.2, 0.25) is 0 Å². The minimum Gasteiger partial charge on any atom is -0.495 e. The van der Waals surface area contributed by atoms with Gasteiger partial charge in [-0.3, -0.25) is 9.78 Å². The average Bonchev–Trinajstić information content (AvgIpc) is 3.04. The molecule has 0 saturated heterocycles. The van der Waals surface area contributed by atoms with Crippen molar-refractivity contribution in [2.24, 2.45) is 0 Å². The highest BCUT2D eigenvalue weighted by Crippen LogP contribution is 2.32. The van der Waals surface area contributed by atoms with E-state index in [2.05, 4.69) is 4.98 Å². The molecule has 0 N–H and O–H groups in total. The van der Waals surface area contributed by atoms with Crippen LogP contribution in [0.3, 0.4) is 0 Å². The fraction of sp³-hybridized carbons (Fsp3) is 0.222. The van der Waals surface area contributed by atoms with E-state index >= 15 is 0 Å². The third kappa shape index (κ3) is 2.90. The van der Waals surface area contributed by atoms with E-state index in [1.807, 2.05) is 47.2 Å². The standard InChI is InChI=1S/C18H18N2O3/c1-22-16-7-3-5-13-8-10-20(18(13)16)15(11-17(21)23-2)14-6-4-9-19-12-14/h3-10,12,15H,11H2,1-2H3. The van der Waals surface area contributed by atoms with Gasteiger partial charge in [0.15, 0.2) is 0 Å². The molecule has 0 aliphatic heterocycles. The highest BCUT2D eigenvalue weighted by Gasteiger charge is 2.21. The zero-order valence-electron chi connectivity index (χ0n) is 13.1. The Balaban J connectivity index is 2.15. The Morgan fingerprint density at radius 3 is 2.78 bits per heavy atom. The Hall–Kier alpha value is -2.82. The van der Waals surface area contributed by atoms with Gasteiger partial charge in [-0.2, -0.15) is 0 Å². The highest BCUT2D eigenvalue weighted by molar-refractivity contribution is 5.86. The summed E-state index contributed by atoms with van der Waals surface area (Å²) in [6.45, 7) is 0. The number of ether oxygens (including phenoxy) is 2. The lowest BCUT2D eigenvalue weighted by molar-refractivity contribution is -0.141. The fourth-order valence-corrected chi connectivity index (χ4v) is 2.80. The summed E-state index contributed by atoms with van der Waals surface area (Å²) in [5.74, 6) is 0.502. The zero-order chi connectivity index (χ0) is 16.2. The SMILES string of the molecule is COC(=O)CC(c1cccnc1)n1ccc2cccc(OC)c21. The quantitative estimate of drug-likeness (QED) is 0.679. The number of hydrogen-bond donors (Lipinski definition) is 0. The Labute approximate surface area is 134 Å². The number of methoxy groups -OCH3 is 2. The van der Waals surface area contributed by atoms with Crippen molar-refractivity contribution in [1.82, 2.24) is 9.55 Å². The van der Waals surface area contributed by atoms with E-state index in [4.69, 9.17) is 9.47 Å². The molecule has 23 heavy (non-hydrogen) atoms. The van der Waals surface area contributed by atoms with Gasteiger partial charge in [-0.05, 0) is 23.8 Å². The Morgan fingerprint density at radius 1 is 1.22 bits per heavy atom. The van der Waals surface area contributed by atoms with Crippen LogP contribution in [0.4, 0.5) is 0 Å². The molecule has 0 bridgehead atoms. The first-order valence-electron chi connectivity index (χ1n) is 7.35. The molecule has 0 radical (unpaired) electrons. The second-order valence-electron chi connectivity index (χ2n) is 5.20. The van der Waals surface area contributed by atoms with E-state index in [0.29, 0.717) is 0 Å². The molecule has 0 spiro atoms. The monoisotopic (exact) mass is 310 g/mol. The summed E-state index contributed by atoms with van der Waals surface area (Å²) in [5, 5.41) is 1.06. The highest BCUT2D eigenvalue weighted by atomic mass is 16.5. The van der Waals surface area contributed by atoms with E-state index in [0.717, 1.165) is 22.2 Å². The molecule has 0 aliphatic carbocycles. The first kappa shape index (κ1) is 15.1. The molecule has 3 aromatic rings. The zero-order valence-corrected chi connectivity index (χ0v) is 13.1. The fourth-order valence-electron chi connectivity index (χ4n) is 2.80. The van der Waals surface area contributed by atoms with E-state index in [1.165, 1.54) is 7.11 Å². The number of carbonyl (C=O) groups excluding carboxylic acids is 1. The van der Waals surface area contributed by atoms with E-state index in [-0.39, 0.29) is 18.4 Å². The number of para-hydroxylation sites is 1. The minimum absolute atomic E-state index is 0.204. The summed E-state index contributed by atoms with van der Waals surface area (Å²) in [7, 11) is 3.04. The van der Waals surface area contributed by atoms with Crippen molar-refractivity contribution in [2.75, 3.05) is 14.2 Å². The van der Waals surface area contributed by atoms with Gasteiger partial charge >= 0.3 is 5.97 Å². The third-order valence-electron chi connectivity index (χ3n) is 3.92. The summed E-state index contributed by atoms with van der Waals surface area (Å²) in [6, 6.07) is 11.5. The molecule has 0 amide bonds. The second-order valence-corrected chi connectivity index (χ2v) is 5.20. The molecule has 2 heterocycles. The maximum absolute atomic E-state index is 11.9. The molecule has 5 heteroatoms. The Morgan fingerprint density at radius 2 is 2.09 bits per heavy atom. The van der Waals surface area contributed by atoms with Gasteiger partial charge in [-0.15, -0.1) is 0 Å². The number of pyridine rings is 1. The number of aromatic nitrogens is 2. The smallest absolute Gasteiger partial charge is 0.307 e. The Bertz CT molecular complexity index is 812. The predicted octanol–water partition coefficient (Wildman–Crippen LogP) is 3.20. The lowest BCUT2D eigenvalue weighted by Crippen LogP contribution is -2.16. The molecule has 1 unspecified atom stereocenters. The van der Waals surface area contributed by atoms with E-state index < -0.39 is 0 Å². The third-order valence-corrected chi connectivity index (χ3v) is 3.92. The van der Waals surface area contributed by atoms with Gasteiger partial charge < -0.3 is 14.0 Å². The van der Waals surface area contributed by atoms with Crippen LogP contribution >= 0.6 is 0 Å². The lowest BCUT2D eigenvalue weighted by atomic mass is 10.1. The summed E-state index contributed by atoms with van der Waals surface area (Å²) < 4.78 is 12.4. The van der Waals surface area contributed by atoms with E-state index in [9.17, 15) is 4.79 Å². The van der Waals surface area contributed by atoms with Gasteiger partial charge in [0.1, 0.15) is 5.75 Å². The van der Waals surface area contributed by atoms with Crippen LogP contribution < -0.4 is 4.74 Å². The summed E-state index contributed by atoms with van der Waals surface area (Å²) in [6.07, 6.45) is 5.68. The van der Waals surface area contributed by atoms with Crippen molar-refractivity contribution in [2.45, 2.75) is 12.5 Å². The Kier molecular flexibility index (Phi) is 4.28. The number of hydrogen-bond acceptors (Lipinski definition) is 4. The number of nitrogens with zero attached hydrogens (tertiary/aromatic N) is 2. The van der Waals surface area contributed by atoms with Crippen LogP contribution in [0.5, 0.6) is 5.75 Å². The van der Waals surface area contributed by atoms with Crippen molar-refractivity contribution < 1.29 is 14.3 Å². The maximum Gasteiger partial charge on any atom is 0.307 e. The van der Waals surface area contributed by atoms with Gasteiger partial charge in [0.05, 0.1) is 32.2 Å². The number of carbonyl (C=O) groups is 1. The molecule has 5 nitrogen and oxygen atoms in total. The predicted molar refractivity (Wildman–Crippen MR) is 87.5 cm³/mol. The minimum atomic E-state index is -0.268. The summed E-state index contributed by atoms with van der Waals surface area (Å²) in [5.41, 5.74) is 1.90. The molecular weight excluding hydrogens is 292 g/mol. The van der Waals surface area contributed by atoms with E-state index in [1.54, 1.807) is 19.5 Å². The molecule has 0 saturated carbocycles. The molecule has 2 aromatic heterocycles. The van der Waals surface area contributed by atoms with Gasteiger partial charge in [0.25, 0.3) is 0 Å². The molecule has 0 aliphatic rings. The summed E-state index contributed by atoms with van der Waals surface area (Å²) >= 11 is 0. The summed E-state index contributed by atoms with van der Waals surface area (Å²) in [4.78, 5) is 16.1. The van der Waals surface area contributed by atoms with Crippen LogP contribution in [0.15, 0.2) is 55.0 Å². The van der Waals surface area contributed by atoms with Crippen LogP contribution in [-0.2, 0) is 9.53 Å². The maximum atomic E-state index is 11.9. The molecular formula is C18H18N2O3. The normalized spacial score (nSPS) is 12.1. The molecule has 3 rings (SSSR count). The number of fused-ring (bicyclic) bond motifs is 1. The molecule has 1 aromatic carbocycles. The van der Waals surface area contributed by atoms with Crippen molar-refractivity contribution in [3.63, 3.8) is 0 Å². The molecule has 1 atom stereocenters. The second kappa shape index (κ2) is 6.52. The van der Waals surface area contributed by atoms with Crippen LogP contribution in [0.25, 0.3) is 10.9 Å². The number of esters is 1. The first-order valence-corrected chi connectivity index (χ1v) is 7.35. The van der Waals surface area contributed by atoms with Gasteiger partial charge in [0, 0.05) is 24.0 Å². The van der Waals surface area contributed by atoms with Gasteiger partial charge in [-0.25, -0.2) is 0 Å². The van der Waals surface area contributed by atoms with Crippen molar-refractivity contribution in [1.29, 1.82) is 0 Å². The number of benzene rings is 1. The number of rotatable bonds is 5. The largest absolute Gasteiger partial charge is 0.495 e. The average molecular weight is 310 g/mol. The molecule has 118 valence electrons. The van der Waals surface area contributed by atoms with Crippen LogP contribution in [0, 0.1) is 0 Å². The topological polar surface area (TPSA) is 53.3 Å². The first-order chi connectivity index (χ1) is 11.2. The van der Waals surface area contributed by atoms with Gasteiger partial charge in [-0.1, -0.05) is 18.2 Å². The molecule has 0 fully saturated rings. The van der Waals surface area contributed by atoms with Crippen molar-refractivity contribution in [3.05, 3.63) is 60.6 Å². The van der Waals surface area contributed by atoms with Crippen molar-refractivity contribution >= 4 is 16.9 Å². The van der Waals surface area contributed by atoms with Crippen LogP contribution in [-0.4, -0.2) is 29.7 Å². The van der Waals surface area contributed by atoms with Crippen LogP contribution in [0.1, 0.15) is 18.0 Å². The lowest BCUT2D eigenvalue weighted by Gasteiger charge is -2.20.